The Kier molecular flexibility index (Phi) is 5.82. The first-order valence-electron chi connectivity index (χ1n) is 12.0. The fraction of sp³-hybridized carbons (Fsp3) is 0.522. The van der Waals surface area contributed by atoms with Crippen LogP contribution in [0.4, 0.5) is 5.95 Å². The van der Waals surface area contributed by atoms with Crippen molar-refractivity contribution in [2.75, 3.05) is 44.7 Å². The van der Waals surface area contributed by atoms with Gasteiger partial charge >= 0.3 is 0 Å². The lowest BCUT2D eigenvalue weighted by Gasteiger charge is -2.33. The summed E-state index contributed by atoms with van der Waals surface area (Å²) in [5.41, 5.74) is 4.02. The van der Waals surface area contributed by atoms with Crippen molar-refractivity contribution >= 4 is 17.2 Å². The molecule has 0 aliphatic carbocycles. The summed E-state index contributed by atoms with van der Waals surface area (Å²) >= 11 is 0. The molecule has 2 aliphatic heterocycles. The lowest BCUT2D eigenvalue weighted by atomic mass is 9.92. The van der Waals surface area contributed by atoms with Crippen molar-refractivity contribution in [3.8, 4) is 11.3 Å². The van der Waals surface area contributed by atoms with Crippen molar-refractivity contribution in [3.05, 3.63) is 36.5 Å². The minimum atomic E-state index is -0.0883. The van der Waals surface area contributed by atoms with Crippen LogP contribution < -0.4 is 4.90 Å². The molecule has 0 aromatic carbocycles. The maximum absolute atomic E-state index is 6.05. The van der Waals surface area contributed by atoms with Gasteiger partial charge in [-0.3, -0.25) is 4.68 Å². The number of fused-ring (bicyclic) bond motifs is 1. The average molecular weight is 476 g/mol. The molecule has 0 saturated carbocycles. The summed E-state index contributed by atoms with van der Waals surface area (Å²) in [7, 11) is 4.05. The molecule has 0 amide bonds. The van der Waals surface area contributed by atoms with E-state index in [0.717, 1.165) is 49.7 Å². The van der Waals surface area contributed by atoms with Gasteiger partial charge in [0.2, 0.25) is 11.6 Å². The number of hydrogen-bond acceptors (Lipinski definition) is 10. The van der Waals surface area contributed by atoms with Gasteiger partial charge in [0.25, 0.3) is 0 Å². The van der Waals surface area contributed by atoms with Gasteiger partial charge in [0.1, 0.15) is 0 Å². The van der Waals surface area contributed by atoms with E-state index >= 15 is 0 Å². The number of piperidine rings is 1. The second-order valence-electron chi connectivity index (χ2n) is 9.41. The molecule has 0 spiro atoms. The predicted molar refractivity (Wildman–Crippen MR) is 129 cm³/mol. The molecule has 6 rings (SSSR count). The van der Waals surface area contributed by atoms with Crippen molar-refractivity contribution in [1.29, 1.82) is 0 Å². The van der Waals surface area contributed by atoms with E-state index in [1.54, 1.807) is 21.8 Å². The topological polar surface area (TPSA) is 116 Å². The molecular formula is C23H29N11O. The first-order chi connectivity index (χ1) is 17.1. The zero-order valence-electron chi connectivity index (χ0n) is 20.0. The molecule has 2 saturated heterocycles. The Morgan fingerprint density at radius 1 is 1.00 bits per heavy atom. The van der Waals surface area contributed by atoms with Gasteiger partial charge in [0.05, 0.1) is 37.3 Å². The number of aromatic nitrogens is 9. The van der Waals surface area contributed by atoms with Crippen molar-refractivity contribution in [2.45, 2.75) is 31.4 Å². The number of morpholine rings is 1. The Bertz CT molecular complexity index is 1290. The molecule has 4 aromatic rings. The van der Waals surface area contributed by atoms with E-state index in [0.29, 0.717) is 36.9 Å². The van der Waals surface area contributed by atoms with Crippen LogP contribution in [-0.4, -0.2) is 95.5 Å². The molecule has 0 N–H and O–H groups in total. The van der Waals surface area contributed by atoms with E-state index in [9.17, 15) is 0 Å². The van der Waals surface area contributed by atoms with Crippen molar-refractivity contribution in [3.63, 3.8) is 0 Å². The van der Waals surface area contributed by atoms with Crippen LogP contribution in [0.25, 0.3) is 22.6 Å². The van der Waals surface area contributed by atoms with Gasteiger partial charge in [-0.1, -0.05) is 5.21 Å². The Morgan fingerprint density at radius 3 is 2.60 bits per heavy atom. The summed E-state index contributed by atoms with van der Waals surface area (Å²) in [6.45, 7) is 4.80. The maximum atomic E-state index is 6.05. The average Bonchev–Trinajstić information content (AvgIpc) is 3.51. The fourth-order valence-corrected chi connectivity index (χ4v) is 4.82. The fourth-order valence-electron chi connectivity index (χ4n) is 4.82. The Labute approximate surface area is 203 Å². The molecule has 182 valence electrons. The standard InChI is InChI=1S/C23H29N11O/c1-31-5-3-16(4-6-31)17-9-25-23(26-10-17)33-7-8-35-19(14-33)15-34-22-21(29-30-34)24-12-20(28-22)18-11-27-32(2)13-18/h9-13,16,19H,3-8,14-15H2,1-2H3. The van der Waals surface area contributed by atoms with Crippen LogP contribution in [0.3, 0.4) is 0 Å². The van der Waals surface area contributed by atoms with Gasteiger partial charge < -0.3 is 14.5 Å². The Hall–Kier alpha value is -3.51. The van der Waals surface area contributed by atoms with Crippen LogP contribution in [0.5, 0.6) is 0 Å². The van der Waals surface area contributed by atoms with Crippen LogP contribution in [0, 0.1) is 0 Å². The molecule has 35 heavy (non-hydrogen) atoms. The SMILES string of the molecule is CN1CCC(c2cnc(N3CCOC(Cn4nnc5ncc(-c6cnn(C)c6)nc54)C3)nc2)CC1. The van der Waals surface area contributed by atoms with Gasteiger partial charge in [-0.25, -0.2) is 24.6 Å². The van der Waals surface area contributed by atoms with Crippen LogP contribution in [0.2, 0.25) is 0 Å². The number of anilines is 1. The molecule has 0 radical (unpaired) electrons. The third-order valence-electron chi connectivity index (χ3n) is 6.87. The lowest BCUT2D eigenvalue weighted by molar-refractivity contribution is 0.0272. The zero-order valence-corrected chi connectivity index (χ0v) is 20.0. The summed E-state index contributed by atoms with van der Waals surface area (Å²) in [6, 6.07) is 0. The summed E-state index contributed by atoms with van der Waals surface area (Å²) in [4.78, 5) is 23.1. The van der Waals surface area contributed by atoms with E-state index in [2.05, 4.69) is 37.2 Å². The summed E-state index contributed by atoms with van der Waals surface area (Å²) in [6.07, 6.45) is 11.6. The number of nitrogens with zero attached hydrogens (tertiary/aromatic N) is 11. The molecule has 12 nitrogen and oxygen atoms in total. The van der Waals surface area contributed by atoms with Gasteiger partial charge in [0.15, 0.2) is 5.65 Å². The Balaban J connectivity index is 1.15. The number of ether oxygens (including phenoxy) is 1. The molecule has 1 unspecified atom stereocenters. The van der Waals surface area contributed by atoms with E-state index in [4.69, 9.17) is 19.7 Å². The van der Waals surface area contributed by atoms with Crippen LogP contribution >= 0.6 is 0 Å². The molecule has 6 heterocycles. The highest BCUT2D eigenvalue weighted by molar-refractivity contribution is 5.69. The summed E-state index contributed by atoms with van der Waals surface area (Å²) < 4.78 is 9.55. The Morgan fingerprint density at radius 2 is 1.83 bits per heavy atom. The number of aryl methyl sites for hydroxylation is 1. The third-order valence-corrected chi connectivity index (χ3v) is 6.87. The van der Waals surface area contributed by atoms with Crippen molar-refractivity contribution < 1.29 is 4.74 Å². The maximum Gasteiger partial charge on any atom is 0.225 e. The molecule has 0 bridgehead atoms. The second-order valence-corrected chi connectivity index (χ2v) is 9.41. The second kappa shape index (κ2) is 9.27. The number of rotatable bonds is 5. The van der Waals surface area contributed by atoms with Gasteiger partial charge in [-0.05, 0) is 44.5 Å². The predicted octanol–water partition coefficient (Wildman–Crippen LogP) is 1.13. The van der Waals surface area contributed by atoms with Gasteiger partial charge in [0, 0.05) is 44.3 Å². The minimum Gasteiger partial charge on any atom is -0.373 e. The quantitative estimate of drug-likeness (QED) is 0.416. The van der Waals surface area contributed by atoms with Crippen LogP contribution in [-0.2, 0) is 18.3 Å². The number of hydrogen-bond donors (Lipinski definition) is 0. The largest absolute Gasteiger partial charge is 0.373 e. The summed E-state index contributed by atoms with van der Waals surface area (Å²) in [5, 5.41) is 12.7. The van der Waals surface area contributed by atoms with Crippen molar-refractivity contribution in [2.24, 2.45) is 7.05 Å². The first kappa shape index (κ1) is 22.0. The van der Waals surface area contributed by atoms with Crippen LogP contribution in [0.1, 0.15) is 24.3 Å². The highest BCUT2D eigenvalue weighted by atomic mass is 16.5. The van der Waals surface area contributed by atoms with Crippen LogP contribution in [0.15, 0.2) is 31.0 Å². The van der Waals surface area contributed by atoms with E-state index < -0.39 is 0 Å². The van der Waals surface area contributed by atoms with E-state index in [1.165, 1.54) is 5.56 Å². The van der Waals surface area contributed by atoms with Gasteiger partial charge in [-0.2, -0.15) is 5.10 Å². The third kappa shape index (κ3) is 4.58. The first-order valence-corrected chi connectivity index (χ1v) is 12.0. The monoisotopic (exact) mass is 475 g/mol. The van der Waals surface area contributed by atoms with Crippen molar-refractivity contribution in [1.82, 2.24) is 49.6 Å². The molecule has 1 atom stereocenters. The summed E-state index contributed by atoms with van der Waals surface area (Å²) in [5.74, 6) is 1.30. The highest BCUT2D eigenvalue weighted by Crippen LogP contribution is 2.27. The van der Waals surface area contributed by atoms with E-state index in [1.807, 2.05) is 25.6 Å². The lowest BCUT2D eigenvalue weighted by Crippen LogP contribution is -2.45. The molecule has 2 aliphatic rings. The zero-order chi connectivity index (χ0) is 23.8. The molecule has 4 aromatic heterocycles. The highest BCUT2D eigenvalue weighted by Gasteiger charge is 2.25. The number of likely N-dealkylation sites (tertiary alicyclic amines) is 1. The molecule has 2 fully saturated rings. The normalized spacial score (nSPS) is 20.1. The smallest absolute Gasteiger partial charge is 0.225 e. The minimum absolute atomic E-state index is 0.0883. The van der Waals surface area contributed by atoms with Gasteiger partial charge in [-0.15, -0.1) is 5.10 Å². The molecule has 12 heteroatoms. The van der Waals surface area contributed by atoms with E-state index in [-0.39, 0.29) is 6.10 Å². The molecular weight excluding hydrogens is 446 g/mol.